The summed E-state index contributed by atoms with van der Waals surface area (Å²) in [5.41, 5.74) is 3.72. The number of halogens is 1. The molecule has 5 rings (SSSR count). The molecule has 1 aliphatic heterocycles. The molecule has 2 aromatic carbocycles. The smallest absolute Gasteiger partial charge is 0.237 e. The van der Waals surface area contributed by atoms with Crippen LogP contribution in [0.1, 0.15) is 12.5 Å². The van der Waals surface area contributed by atoms with Gasteiger partial charge in [-0.3, -0.25) is 9.82 Å². The minimum Gasteiger partial charge on any atom is -0.437 e. The normalized spacial score (nSPS) is 14.1. The van der Waals surface area contributed by atoms with Crippen LogP contribution >= 0.6 is 23.5 Å². The molecule has 36 heavy (non-hydrogen) atoms. The van der Waals surface area contributed by atoms with Crippen molar-refractivity contribution in [2.24, 2.45) is 0 Å². The topological polar surface area (TPSA) is 82.2 Å². The van der Waals surface area contributed by atoms with Gasteiger partial charge in [0.1, 0.15) is 10.8 Å². The highest BCUT2D eigenvalue weighted by atomic mass is 35.5. The van der Waals surface area contributed by atoms with Crippen molar-refractivity contribution in [3.63, 3.8) is 0 Å². The lowest BCUT2D eigenvalue weighted by Crippen LogP contribution is -2.44. The Balaban J connectivity index is 1.51. The summed E-state index contributed by atoms with van der Waals surface area (Å²) in [6, 6.07) is 16.0. The van der Waals surface area contributed by atoms with Gasteiger partial charge >= 0.3 is 0 Å². The highest BCUT2D eigenvalue weighted by Crippen LogP contribution is 2.39. The van der Waals surface area contributed by atoms with Gasteiger partial charge in [0.15, 0.2) is 0 Å². The number of rotatable bonds is 8. The molecule has 0 atom stereocenters. The van der Waals surface area contributed by atoms with E-state index in [0.29, 0.717) is 29.0 Å². The third-order valence-electron chi connectivity index (χ3n) is 6.10. The van der Waals surface area contributed by atoms with Crippen LogP contribution < -0.4 is 14.4 Å². The molecule has 4 aromatic rings. The average Bonchev–Trinajstić information content (AvgIpc) is 3.43. The van der Waals surface area contributed by atoms with Crippen LogP contribution in [-0.2, 0) is 6.42 Å². The first kappa shape index (κ1) is 24.4. The lowest BCUT2D eigenvalue weighted by molar-refractivity contribution is 0.313. The van der Waals surface area contributed by atoms with E-state index in [0.717, 1.165) is 53.6 Å². The van der Waals surface area contributed by atoms with E-state index in [1.54, 1.807) is 12.4 Å². The number of aromatic nitrogens is 4. The number of hydrogen-bond donors (Lipinski definition) is 2. The number of nitrogens with one attached hydrogen (secondary N) is 2. The predicted molar refractivity (Wildman–Crippen MR) is 146 cm³/mol. The molecular weight excluding hydrogens is 494 g/mol. The quantitative estimate of drug-likeness (QED) is 0.284. The number of benzene rings is 2. The van der Waals surface area contributed by atoms with Gasteiger partial charge in [-0.25, -0.2) is 4.98 Å². The maximum Gasteiger partial charge on any atom is 0.237 e. The van der Waals surface area contributed by atoms with E-state index in [4.69, 9.17) is 26.3 Å². The van der Waals surface area contributed by atoms with Gasteiger partial charge in [0.05, 0.1) is 22.5 Å². The van der Waals surface area contributed by atoms with E-state index < -0.39 is 0 Å². The van der Waals surface area contributed by atoms with Gasteiger partial charge < -0.3 is 14.5 Å². The summed E-state index contributed by atoms with van der Waals surface area (Å²) in [6.45, 7) is 5.91. The van der Waals surface area contributed by atoms with Crippen LogP contribution in [0.25, 0.3) is 11.3 Å². The van der Waals surface area contributed by atoms with Crippen LogP contribution in [0.15, 0.2) is 65.8 Å². The summed E-state index contributed by atoms with van der Waals surface area (Å²) in [5.74, 6) is 1.51. The Morgan fingerprint density at radius 1 is 1.06 bits per heavy atom. The molecule has 3 heterocycles. The van der Waals surface area contributed by atoms with E-state index in [1.165, 1.54) is 11.9 Å². The van der Waals surface area contributed by atoms with E-state index in [1.807, 2.05) is 48.5 Å². The molecule has 0 spiro atoms. The molecule has 1 aliphatic rings. The van der Waals surface area contributed by atoms with Gasteiger partial charge in [0, 0.05) is 43.5 Å². The van der Waals surface area contributed by atoms with Gasteiger partial charge in [-0.15, -0.1) is 0 Å². The fourth-order valence-electron chi connectivity index (χ4n) is 4.12. The minimum atomic E-state index is 0.443. The molecule has 0 bridgehead atoms. The minimum absolute atomic E-state index is 0.443. The highest BCUT2D eigenvalue weighted by molar-refractivity contribution is 8.00. The summed E-state index contributed by atoms with van der Waals surface area (Å²) in [6.07, 6.45) is 4.24. The summed E-state index contributed by atoms with van der Waals surface area (Å²) < 4.78 is 9.66. The van der Waals surface area contributed by atoms with Crippen molar-refractivity contribution in [3.8, 4) is 22.9 Å². The molecule has 0 radical (unpaired) electrons. The fraction of sp³-hybridized carbons (Fsp3) is 0.269. The van der Waals surface area contributed by atoms with Gasteiger partial charge in [-0.1, -0.05) is 54.9 Å². The van der Waals surface area contributed by atoms with Crippen molar-refractivity contribution in [1.29, 1.82) is 0 Å². The number of piperazine rings is 1. The van der Waals surface area contributed by atoms with Crippen molar-refractivity contribution in [2.75, 3.05) is 42.8 Å². The van der Waals surface area contributed by atoms with Crippen molar-refractivity contribution < 1.29 is 4.74 Å². The van der Waals surface area contributed by atoms with Gasteiger partial charge in [0.2, 0.25) is 11.8 Å². The molecule has 0 unspecified atom stereocenters. The molecule has 186 valence electrons. The van der Waals surface area contributed by atoms with Crippen LogP contribution in [0.4, 0.5) is 11.6 Å². The molecule has 2 N–H and O–H groups in total. The zero-order valence-corrected chi connectivity index (χ0v) is 21.8. The van der Waals surface area contributed by atoms with Crippen molar-refractivity contribution in [2.45, 2.75) is 18.2 Å². The number of aromatic amines is 1. The van der Waals surface area contributed by atoms with E-state index in [-0.39, 0.29) is 0 Å². The number of ether oxygens (including phenoxy) is 1. The first-order valence-electron chi connectivity index (χ1n) is 11.9. The molecule has 8 nitrogen and oxygen atoms in total. The molecule has 0 saturated carbocycles. The van der Waals surface area contributed by atoms with Gasteiger partial charge in [0.25, 0.3) is 0 Å². The summed E-state index contributed by atoms with van der Waals surface area (Å²) >= 11 is 8.27. The first-order chi connectivity index (χ1) is 17.6. The second-order valence-electron chi connectivity index (χ2n) is 8.52. The van der Waals surface area contributed by atoms with Crippen molar-refractivity contribution in [3.05, 3.63) is 71.5 Å². The van der Waals surface area contributed by atoms with E-state index in [9.17, 15) is 0 Å². The van der Waals surface area contributed by atoms with E-state index in [2.05, 4.69) is 38.7 Å². The van der Waals surface area contributed by atoms with Crippen LogP contribution in [0.3, 0.4) is 0 Å². The number of H-pyrrole nitrogens is 1. The Bertz CT molecular complexity index is 1300. The Hall–Kier alpha value is -3.27. The number of nitrogens with zero attached hydrogens (tertiary/aromatic N) is 5. The predicted octanol–water partition coefficient (Wildman–Crippen LogP) is 5.75. The summed E-state index contributed by atoms with van der Waals surface area (Å²) in [5, 5.41) is 7.39. The van der Waals surface area contributed by atoms with Crippen LogP contribution in [0.2, 0.25) is 5.02 Å². The number of likely N-dealkylation sites (N-methyl/N-ethyl adjacent to an activating group) is 1. The zero-order valence-electron chi connectivity index (χ0n) is 20.2. The molecule has 1 saturated heterocycles. The van der Waals surface area contributed by atoms with Crippen LogP contribution in [0.5, 0.6) is 11.6 Å². The third kappa shape index (κ3) is 5.43. The summed E-state index contributed by atoms with van der Waals surface area (Å²) in [4.78, 5) is 15.1. The first-order valence-corrected chi connectivity index (χ1v) is 13.1. The zero-order chi connectivity index (χ0) is 24.9. The standard InChI is InChI=1S/C26H28ClN7OS/c1-3-20-24(18-8-5-4-6-9-18)30-26(32-36-19-16-28-29-17-19)31-25(20)35-22-11-7-10-21(23(22)27)34-14-12-33(2)13-15-34/h4-11,16-17H,3,12-15H2,1-2H3,(H,28,29)(H,30,31,32). The largest absolute Gasteiger partial charge is 0.437 e. The van der Waals surface area contributed by atoms with Gasteiger partial charge in [-0.05, 0) is 37.5 Å². The Labute approximate surface area is 220 Å². The Morgan fingerprint density at radius 3 is 2.58 bits per heavy atom. The lowest BCUT2D eigenvalue weighted by atomic mass is 10.1. The number of anilines is 2. The second kappa shape index (κ2) is 11.2. The highest BCUT2D eigenvalue weighted by Gasteiger charge is 2.21. The monoisotopic (exact) mass is 521 g/mol. The summed E-state index contributed by atoms with van der Waals surface area (Å²) in [7, 11) is 2.14. The molecule has 0 amide bonds. The molecule has 2 aromatic heterocycles. The average molecular weight is 522 g/mol. The maximum atomic E-state index is 6.90. The fourth-order valence-corrected chi connectivity index (χ4v) is 4.92. The van der Waals surface area contributed by atoms with Crippen LogP contribution in [0, 0.1) is 0 Å². The van der Waals surface area contributed by atoms with E-state index >= 15 is 0 Å². The van der Waals surface area contributed by atoms with Crippen LogP contribution in [-0.4, -0.2) is 58.3 Å². The van der Waals surface area contributed by atoms with Crippen molar-refractivity contribution >= 4 is 35.2 Å². The molecule has 1 fully saturated rings. The van der Waals surface area contributed by atoms with Crippen molar-refractivity contribution in [1.82, 2.24) is 25.1 Å². The molecular formula is C26H28ClN7OS. The Morgan fingerprint density at radius 2 is 1.86 bits per heavy atom. The molecule has 10 heteroatoms. The third-order valence-corrected chi connectivity index (χ3v) is 7.22. The second-order valence-corrected chi connectivity index (χ2v) is 9.78. The molecule has 0 aliphatic carbocycles. The lowest BCUT2D eigenvalue weighted by Gasteiger charge is -2.34. The van der Waals surface area contributed by atoms with Gasteiger partial charge in [-0.2, -0.15) is 10.1 Å². The Kier molecular flexibility index (Phi) is 7.60. The SMILES string of the molecule is CCc1c(Oc2cccc(N3CCN(C)CC3)c2Cl)nc(NSc2cn[nH]c2)nc1-c1ccccc1. The number of hydrogen-bond acceptors (Lipinski definition) is 8. The maximum absolute atomic E-state index is 6.90.